The summed E-state index contributed by atoms with van der Waals surface area (Å²) in [5.41, 5.74) is 0.539. The van der Waals surface area contributed by atoms with Crippen LogP contribution in [0.25, 0.3) is 0 Å². The molecule has 2 N–H and O–H groups in total. The topological polar surface area (TPSA) is 88.5 Å². The Bertz CT molecular complexity index is 430. The first-order valence-electron chi connectivity index (χ1n) is 5.28. The minimum absolute atomic E-state index is 0.0781. The molecule has 0 aliphatic carbocycles. The van der Waals surface area contributed by atoms with Crippen LogP contribution in [0.15, 0.2) is 18.0 Å². The molecule has 0 saturated heterocycles. The smallest absolute Gasteiger partial charge is 0.407 e. The van der Waals surface area contributed by atoms with Crippen LogP contribution < -0.4 is 5.32 Å². The second-order valence-electron chi connectivity index (χ2n) is 3.37. The molecule has 0 aromatic carbocycles. The molecule has 1 amide bonds. The number of amides is 1. The summed E-state index contributed by atoms with van der Waals surface area (Å²) < 4.78 is 4.72. The fourth-order valence-corrected chi connectivity index (χ4v) is 1.96. The van der Waals surface area contributed by atoms with Crippen LogP contribution in [0.3, 0.4) is 0 Å². The number of rotatable bonds is 7. The van der Waals surface area contributed by atoms with Crippen molar-refractivity contribution in [1.29, 1.82) is 0 Å². The van der Waals surface area contributed by atoms with Gasteiger partial charge in [-0.1, -0.05) is 12.7 Å². The average molecular weight is 270 g/mol. The van der Waals surface area contributed by atoms with E-state index in [4.69, 9.17) is 9.84 Å². The normalized spacial score (nSPS) is 9.78. The van der Waals surface area contributed by atoms with Gasteiger partial charge in [0.2, 0.25) is 0 Å². The fraction of sp³-hybridized carbons (Fsp3) is 0.364. The number of carbonyl (C=O) groups excluding carboxylic acids is 1. The van der Waals surface area contributed by atoms with E-state index in [-0.39, 0.29) is 13.0 Å². The van der Waals surface area contributed by atoms with Crippen LogP contribution in [0, 0.1) is 0 Å². The molecule has 0 spiro atoms. The molecule has 0 aliphatic rings. The van der Waals surface area contributed by atoms with E-state index >= 15 is 0 Å². The third kappa shape index (κ3) is 5.44. The first-order chi connectivity index (χ1) is 8.61. The van der Waals surface area contributed by atoms with Crippen LogP contribution in [-0.4, -0.2) is 35.3 Å². The Morgan fingerprint density at radius 3 is 3.06 bits per heavy atom. The van der Waals surface area contributed by atoms with E-state index in [0.717, 1.165) is 5.01 Å². The molecule has 7 heteroatoms. The first-order valence-corrected chi connectivity index (χ1v) is 6.16. The predicted octanol–water partition coefficient (Wildman–Crippen LogP) is 1.22. The lowest BCUT2D eigenvalue weighted by Gasteiger charge is -2.03. The molecular formula is C11H14N2O4S. The summed E-state index contributed by atoms with van der Waals surface area (Å²) in [5, 5.41) is 13.6. The number of hydrogen-bond donors (Lipinski definition) is 2. The molecule has 1 aromatic rings. The van der Waals surface area contributed by atoms with E-state index in [1.165, 1.54) is 17.4 Å². The van der Waals surface area contributed by atoms with Gasteiger partial charge in [0.15, 0.2) is 0 Å². The summed E-state index contributed by atoms with van der Waals surface area (Å²) in [4.78, 5) is 25.7. The Labute approximate surface area is 108 Å². The van der Waals surface area contributed by atoms with Crippen molar-refractivity contribution in [3.8, 4) is 0 Å². The van der Waals surface area contributed by atoms with Crippen LogP contribution in [0.4, 0.5) is 4.79 Å². The van der Waals surface area contributed by atoms with Gasteiger partial charge < -0.3 is 15.2 Å². The van der Waals surface area contributed by atoms with Gasteiger partial charge in [0.1, 0.15) is 6.61 Å². The molecule has 0 bridgehead atoms. The molecule has 18 heavy (non-hydrogen) atoms. The molecule has 1 heterocycles. The van der Waals surface area contributed by atoms with Crippen molar-refractivity contribution in [3.05, 3.63) is 28.7 Å². The number of alkyl carbamates (subject to hydrolysis) is 1. The van der Waals surface area contributed by atoms with Crippen molar-refractivity contribution in [3.63, 3.8) is 0 Å². The fourth-order valence-electron chi connectivity index (χ4n) is 1.16. The Balaban J connectivity index is 2.26. The Kier molecular flexibility index (Phi) is 5.86. The molecule has 98 valence electrons. The third-order valence-corrected chi connectivity index (χ3v) is 2.83. The summed E-state index contributed by atoms with van der Waals surface area (Å²) in [6.45, 7) is 4.00. The van der Waals surface area contributed by atoms with Gasteiger partial charge in [-0.15, -0.1) is 11.3 Å². The first kappa shape index (κ1) is 14.2. The van der Waals surface area contributed by atoms with E-state index in [0.29, 0.717) is 18.7 Å². The van der Waals surface area contributed by atoms with Crippen LogP contribution in [0.2, 0.25) is 0 Å². The maximum Gasteiger partial charge on any atom is 0.407 e. The Hall–Kier alpha value is -1.89. The molecular weight excluding hydrogens is 256 g/mol. The number of carboxylic acids is 1. The molecule has 1 rings (SSSR count). The minimum Gasteiger partial charge on any atom is -0.481 e. The zero-order valence-electron chi connectivity index (χ0n) is 9.72. The van der Waals surface area contributed by atoms with Gasteiger partial charge in [-0.2, -0.15) is 0 Å². The highest BCUT2D eigenvalue weighted by Crippen LogP contribution is 2.10. The van der Waals surface area contributed by atoms with Gasteiger partial charge in [-0.3, -0.25) is 4.79 Å². The molecule has 0 fully saturated rings. The van der Waals surface area contributed by atoms with E-state index in [1.54, 1.807) is 5.38 Å². The second kappa shape index (κ2) is 7.44. The largest absolute Gasteiger partial charge is 0.481 e. The van der Waals surface area contributed by atoms with E-state index in [9.17, 15) is 9.59 Å². The average Bonchev–Trinajstić information content (AvgIpc) is 2.73. The Morgan fingerprint density at radius 2 is 2.39 bits per heavy atom. The van der Waals surface area contributed by atoms with Crippen LogP contribution in [0.1, 0.15) is 10.7 Å². The van der Waals surface area contributed by atoms with Crippen molar-refractivity contribution in [2.45, 2.75) is 12.8 Å². The highest BCUT2D eigenvalue weighted by Gasteiger charge is 2.06. The van der Waals surface area contributed by atoms with Crippen molar-refractivity contribution in [2.75, 3.05) is 13.2 Å². The van der Waals surface area contributed by atoms with Gasteiger partial charge in [0.05, 0.1) is 17.1 Å². The molecule has 0 aliphatic heterocycles. The number of hydrogen-bond acceptors (Lipinski definition) is 5. The number of thiazole rings is 1. The maximum atomic E-state index is 11.1. The highest BCUT2D eigenvalue weighted by molar-refractivity contribution is 7.09. The van der Waals surface area contributed by atoms with Crippen molar-refractivity contribution < 1.29 is 19.4 Å². The summed E-state index contributed by atoms with van der Waals surface area (Å²) in [5.74, 6) is -0.905. The van der Waals surface area contributed by atoms with Gasteiger partial charge in [0, 0.05) is 18.3 Å². The number of ether oxygens (including phenoxy) is 1. The standard InChI is InChI=1S/C11H14N2O4S/c1-2-5-17-11(16)12-4-3-9-13-8(7-18-9)6-10(14)15/h2,7H,1,3-6H2,(H,12,16)(H,14,15). The van der Waals surface area contributed by atoms with Crippen LogP contribution in [-0.2, 0) is 22.4 Å². The van der Waals surface area contributed by atoms with E-state index in [1.807, 2.05) is 0 Å². The Morgan fingerprint density at radius 1 is 1.61 bits per heavy atom. The predicted molar refractivity (Wildman–Crippen MR) is 66.7 cm³/mol. The van der Waals surface area contributed by atoms with Gasteiger partial charge in [-0.25, -0.2) is 9.78 Å². The quantitative estimate of drug-likeness (QED) is 0.727. The summed E-state index contributed by atoms with van der Waals surface area (Å²) in [6.07, 6.45) is 1.45. The lowest BCUT2D eigenvalue weighted by atomic mass is 10.3. The second-order valence-corrected chi connectivity index (χ2v) is 4.31. The van der Waals surface area contributed by atoms with Crippen molar-refractivity contribution in [2.24, 2.45) is 0 Å². The molecule has 0 unspecified atom stereocenters. The zero-order chi connectivity index (χ0) is 13.4. The van der Waals surface area contributed by atoms with Crippen molar-refractivity contribution >= 4 is 23.4 Å². The van der Waals surface area contributed by atoms with E-state index < -0.39 is 12.1 Å². The summed E-state index contributed by atoms with van der Waals surface area (Å²) in [6, 6.07) is 0. The SMILES string of the molecule is C=CCOC(=O)NCCc1nc(CC(=O)O)cs1. The monoisotopic (exact) mass is 270 g/mol. The molecule has 0 radical (unpaired) electrons. The lowest BCUT2D eigenvalue weighted by Crippen LogP contribution is -2.26. The lowest BCUT2D eigenvalue weighted by molar-refractivity contribution is -0.136. The summed E-state index contributed by atoms with van der Waals surface area (Å²) in [7, 11) is 0. The number of aromatic nitrogens is 1. The number of carbonyl (C=O) groups is 2. The number of nitrogens with zero attached hydrogens (tertiary/aromatic N) is 1. The highest BCUT2D eigenvalue weighted by atomic mass is 32.1. The number of nitrogens with one attached hydrogen (secondary N) is 1. The maximum absolute atomic E-state index is 11.1. The van der Waals surface area contributed by atoms with Crippen LogP contribution in [0.5, 0.6) is 0 Å². The van der Waals surface area contributed by atoms with Crippen LogP contribution >= 0.6 is 11.3 Å². The zero-order valence-corrected chi connectivity index (χ0v) is 10.5. The third-order valence-electron chi connectivity index (χ3n) is 1.87. The summed E-state index contributed by atoms with van der Waals surface area (Å²) >= 11 is 1.38. The minimum atomic E-state index is -0.905. The van der Waals surface area contributed by atoms with E-state index in [2.05, 4.69) is 16.9 Å². The number of aliphatic carboxylic acids is 1. The van der Waals surface area contributed by atoms with Gasteiger partial charge in [0.25, 0.3) is 0 Å². The number of carboxylic acid groups (broad SMARTS) is 1. The van der Waals surface area contributed by atoms with Gasteiger partial charge >= 0.3 is 12.1 Å². The van der Waals surface area contributed by atoms with Gasteiger partial charge in [-0.05, 0) is 0 Å². The molecule has 6 nitrogen and oxygen atoms in total. The molecule has 1 aromatic heterocycles. The molecule has 0 saturated carbocycles. The molecule has 0 atom stereocenters. The van der Waals surface area contributed by atoms with Crippen molar-refractivity contribution in [1.82, 2.24) is 10.3 Å².